The SMILES string of the molecule is Nc1cnc(C(F)(F)F)cc1NCC1CSCCS1. The average molecular weight is 309 g/mol. The molecule has 2 rings (SSSR count). The van der Waals surface area contributed by atoms with Crippen LogP contribution in [0.25, 0.3) is 0 Å². The van der Waals surface area contributed by atoms with E-state index < -0.39 is 11.9 Å². The second kappa shape index (κ2) is 6.13. The third kappa shape index (κ3) is 4.10. The molecule has 3 N–H and O–H groups in total. The highest BCUT2D eigenvalue weighted by Gasteiger charge is 2.33. The molecule has 1 unspecified atom stereocenters. The van der Waals surface area contributed by atoms with Crippen LogP contribution in [-0.4, -0.2) is 34.0 Å². The largest absolute Gasteiger partial charge is 0.433 e. The van der Waals surface area contributed by atoms with Crippen molar-refractivity contribution in [2.45, 2.75) is 11.4 Å². The summed E-state index contributed by atoms with van der Waals surface area (Å²) in [5, 5.41) is 3.40. The predicted octanol–water partition coefficient (Wildman–Crippen LogP) is 2.94. The van der Waals surface area contributed by atoms with Gasteiger partial charge in [0.05, 0.1) is 17.6 Å². The summed E-state index contributed by atoms with van der Waals surface area (Å²) in [5.74, 6) is 3.22. The molecule has 3 nitrogen and oxygen atoms in total. The summed E-state index contributed by atoms with van der Waals surface area (Å²) in [6.45, 7) is 0.614. The lowest BCUT2D eigenvalue weighted by atomic mass is 10.2. The van der Waals surface area contributed by atoms with E-state index in [2.05, 4.69) is 10.3 Å². The molecule has 0 spiro atoms. The average Bonchev–Trinajstić information content (AvgIpc) is 2.37. The van der Waals surface area contributed by atoms with Crippen molar-refractivity contribution in [3.05, 3.63) is 18.0 Å². The van der Waals surface area contributed by atoms with E-state index in [0.717, 1.165) is 29.5 Å². The fraction of sp³-hybridized carbons (Fsp3) is 0.545. The number of hydrogen-bond donors (Lipinski definition) is 2. The maximum atomic E-state index is 12.6. The van der Waals surface area contributed by atoms with Crippen LogP contribution < -0.4 is 11.1 Å². The summed E-state index contributed by atoms with van der Waals surface area (Å²) in [5.41, 5.74) is 5.26. The number of thioether (sulfide) groups is 2. The highest BCUT2D eigenvalue weighted by atomic mass is 32.2. The molecule has 1 atom stereocenters. The maximum absolute atomic E-state index is 12.6. The summed E-state index contributed by atoms with van der Waals surface area (Å²) in [6.07, 6.45) is -3.40. The summed E-state index contributed by atoms with van der Waals surface area (Å²) in [4.78, 5) is 3.31. The highest BCUT2D eigenvalue weighted by Crippen LogP contribution is 2.31. The van der Waals surface area contributed by atoms with Crippen molar-refractivity contribution >= 4 is 34.9 Å². The molecule has 106 valence electrons. The minimum Gasteiger partial charge on any atom is -0.396 e. The van der Waals surface area contributed by atoms with Crippen molar-refractivity contribution in [2.24, 2.45) is 0 Å². The van der Waals surface area contributed by atoms with Gasteiger partial charge in [-0.1, -0.05) is 0 Å². The molecule has 1 saturated heterocycles. The second-order valence-corrected chi connectivity index (χ2v) is 6.66. The third-order valence-corrected chi connectivity index (χ3v) is 5.48. The van der Waals surface area contributed by atoms with Crippen LogP contribution in [0.2, 0.25) is 0 Å². The first-order valence-electron chi connectivity index (χ1n) is 5.73. The van der Waals surface area contributed by atoms with Gasteiger partial charge in [0.15, 0.2) is 0 Å². The quantitative estimate of drug-likeness (QED) is 0.899. The van der Waals surface area contributed by atoms with Gasteiger partial charge >= 0.3 is 6.18 Å². The van der Waals surface area contributed by atoms with Gasteiger partial charge < -0.3 is 11.1 Å². The maximum Gasteiger partial charge on any atom is 0.433 e. The van der Waals surface area contributed by atoms with E-state index in [0.29, 0.717) is 17.5 Å². The summed E-state index contributed by atoms with van der Waals surface area (Å²) < 4.78 is 37.7. The Hall–Kier alpha value is -0.760. The monoisotopic (exact) mass is 309 g/mol. The zero-order valence-corrected chi connectivity index (χ0v) is 11.7. The van der Waals surface area contributed by atoms with E-state index in [9.17, 15) is 13.2 Å². The number of nitrogens with one attached hydrogen (secondary N) is 1. The van der Waals surface area contributed by atoms with Crippen molar-refractivity contribution in [2.75, 3.05) is 34.9 Å². The van der Waals surface area contributed by atoms with Gasteiger partial charge in [-0.05, 0) is 6.07 Å². The topological polar surface area (TPSA) is 50.9 Å². The van der Waals surface area contributed by atoms with Crippen molar-refractivity contribution in [1.29, 1.82) is 0 Å². The van der Waals surface area contributed by atoms with E-state index in [4.69, 9.17) is 5.73 Å². The highest BCUT2D eigenvalue weighted by molar-refractivity contribution is 8.06. The number of nitrogens with two attached hydrogens (primary N) is 1. The Balaban J connectivity index is 2.02. The molecule has 8 heteroatoms. The van der Waals surface area contributed by atoms with Gasteiger partial charge in [0.25, 0.3) is 0 Å². The zero-order chi connectivity index (χ0) is 13.9. The van der Waals surface area contributed by atoms with E-state index in [-0.39, 0.29) is 5.69 Å². The Morgan fingerprint density at radius 1 is 1.42 bits per heavy atom. The van der Waals surface area contributed by atoms with Crippen molar-refractivity contribution in [1.82, 2.24) is 4.98 Å². The van der Waals surface area contributed by atoms with Crippen LogP contribution in [0, 0.1) is 0 Å². The Morgan fingerprint density at radius 2 is 2.21 bits per heavy atom. The molecule has 0 aliphatic carbocycles. The van der Waals surface area contributed by atoms with Gasteiger partial charge in [-0.15, -0.1) is 0 Å². The second-order valence-electron chi connectivity index (χ2n) is 4.10. The van der Waals surface area contributed by atoms with E-state index in [1.54, 1.807) is 0 Å². The number of aromatic nitrogens is 1. The molecule has 0 bridgehead atoms. The number of nitrogen functional groups attached to an aromatic ring is 1. The van der Waals surface area contributed by atoms with Crippen LogP contribution in [0.3, 0.4) is 0 Å². The van der Waals surface area contributed by atoms with E-state index in [1.165, 1.54) is 0 Å². The number of alkyl halides is 3. The summed E-state index contributed by atoms with van der Waals surface area (Å²) in [7, 11) is 0. The van der Waals surface area contributed by atoms with Gasteiger partial charge in [0.2, 0.25) is 0 Å². The first-order valence-corrected chi connectivity index (χ1v) is 7.93. The van der Waals surface area contributed by atoms with E-state index >= 15 is 0 Å². The summed E-state index contributed by atoms with van der Waals surface area (Å²) >= 11 is 3.70. The molecule has 0 radical (unpaired) electrons. The molecular formula is C11H14F3N3S2. The van der Waals surface area contributed by atoms with Crippen LogP contribution in [-0.2, 0) is 6.18 Å². The third-order valence-electron chi connectivity index (χ3n) is 2.63. The van der Waals surface area contributed by atoms with Crippen molar-refractivity contribution < 1.29 is 13.2 Å². The number of hydrogen-bond acceptors (Lipinski definition) is 5. The minimum absolute atomic E-state index is 0.237. The molecular weight excluding hydrogens is 295 g/mol. The van der Waals surface area contributed by atoms with Gasteiger partial charge in [0, 0.05) is 29.1 Å². The fourth-order valence-corrected chi connectivity index (χ4v) is 4.26. The van der Waals surface area contributed by atoms with Crippen molar-refractivity contribution in [3.8, 4) is 0 Å². The number of anilines is 2. The smallest absolute Gasteiger partial charge is 0.396 e. The van der Waals surface area contributed by atoms with Gasteiger partial charge in [0.1, 0.15) is 5.69 Å². The first kappa shape index (κ1) is 14.6. The molecule has 1 aromatic heterocycles. The molecule has 1 aliphatic heterocycles. The molecule has 2 heterocycles. The summed E-state index contributed by atoms with van der Waals surface area (Å²) in [6, 6.07) is 0.968. The Labute approximate surface area is 117 Å². The standard InChI is InChI=1S/C11H14F3N3S2/c12-11(13,14)10-3-9(8(15)5-17-10)16-4-7-6-18-1-2-19-7/h3,5,7H,1-2,4,6,15H2,(H,16,17). The molecule has 1 aliphatic rings. The lowest BCUT2D eigenvalue weighted by molar-refractivity contribution is -0.141. The lowest BCUT2D eigenvalue weighted by Gasteiger charge is -2.22. The number of pyridine rings is 1. The molecule has 0 aromatic carbocycles. The van der Waals surface area contributed by atoms with E-state index in [1.807, 2.05) is 23.5 Å². The number of nitrogens with zero attached hydrogens (tertiary/aromatic N) is 1. The Bertz CT molecular complexity index is 434. The molecule has 19 heavy (non-hydrogen) atoms. The molecule has 1 fully saturated rings. The zero-order valence-electron chi connectivity index (χ0n) is 10.0. The van der Waals surface area contributed by atoms with Crippen LogP contribution in [0.15, 0.2) is 12.3 Å². The fourth-order valence-electron chi connectivity index (χ4n) is 1.65. The van der Waals surface area contributed by atoms with Crippen LogP contribution in [0.1, 0.15) is 5.69 Å². The molecule has 0 saturated carbocycles. The van der Waals surface area contributed by atoms with Crippen LogP contribution >= 0.6 is 23.5 Å². The normalized spacial score (nSPS) is 20.3. The predicted molar refractivity (Wildman–Crippen MR) is 75.7 cm³/mol. The van der Waals surface area contributed by atoms with Crippen LogP contribution in [0.5, 0.6) is 0 Å². The number of rotatable bonds is 3. The van der Waals surface area contributed by atoms with Gasteiger partial charge in [-0.25, -0.2) is 4.98 Å². The first-order chi connectivity index (χ1) is 8.97. The Morgan fingerprint density at radius 3 is 2.84 bits per heavy atom. The van der Waals surface area contributed by atoms with Crippen molar-refractivity contribution in [3.63, 3.8) is 0 Å². The molecule has 1 aromatic rings. The minimum atomic E-state index is -4.44. The Kier molecular flexibility index (Phi) is 4.72. The molecule has 0 amide bonds. The lowest BCUT2D eigenvalue weighted by Crippen LogP contribution is -2.23. The van der Waals surface area contributed by atoms with Gasteiger partial charge in [-0.2, -0.15) is 36.7 Å². The van der Waals surface area contributed by atoms with Crippen LogP contribution in [0.4, 0.5) is 24.5 Å². The number of halogens is 3. The van der Waals surface area contributed by atoms with Gasteiger partial charge in [-0.3, -0.25) is 0 Å².